The summed E-state index contributed by atoms with van der Waals surface area (Å²) >= 11 is 1.68. The topological polar surface area (TPSA) is 72.2 Å². The number of hydrogen-bond donors (Lipinski definition) is 2. The first-order valence-corrected chi connectivity index (χ1v) is 8.31. The van der Waals surface area contributed by atoms with Crippen molar-refractivity contribution in [2.24, 2.45) is 5.73 Å². The molecule has 1 aromatic carbocycles. The van der Waals surface area contributed by atoms with Gasteiger partial charge in [0.05, 0.1) is 12.1 Å². The van der Waals surface area contributed by atoms with Crippen LogP contribution in [0.3, 0.4) is 0 Å². The summed E-state index contributed by atoms with van der Waals surface area (Å²) in [7, 11) is 0. The van der Waals surface area contributed by atoms with Crippen LogP contribution >= 0.6 is 11.3 Å². The highest BCUT2D eigenvalue weighted by atomic mass is 32.1. The summed E-state index contributed by atoms with van der Waals surface area (Å²) in [4.78, 5) is 25.3. The number of Topliss-reactive ketones (excluding diaryl/α,β-unsaturated/α-hetero) is 1. The Labute approximate surface area is 133 Å². The third-order valence-corrected chi connectivity index (χ3v) is 5.04. The lowest BCUT2D eigenvalue weighted by Gasteiger charge is -2.12. The van der Waals surface area contributed by atoms with E-state index in [1.165, 1.54) is 16.9 Å². The fourth-order valence-corrected chi connectivity index (χ4v) is 3.87. The summed E-state index contributed by atoms with van der Waals surface area (Å²) in [5.74, 6) is -0.179. The summed E-state index contributed by atoms with van der Waals surface area (Å²) in [5, 5.41) is 4.86. The van der Waals surface area contributed by atoms with E-state index in [0.717, 1.165) is 24.8 Å². The van der Waals surface area contributed by atoms with Crippen LogP contribution in [0.25, 0.3) is 0 Å². The fraction of sp³-hybridized carbons (Fsp3) is 0.294. The van der Waals surface area contributed by atoms with Crippen LogP contribution in [0, 0.1) is 0 Å². The minimum Gasteiger partial charge on any atom is -0.324 e. The number of anilines is 1. The number of benzene rings is 1. The molecule has 3 N–H and O–H groups in total. The van der Waals surface area contributed by atoms with Crippen LogP contribution in [0.5, 0.6) is 0 Å². The van der Waals surface area contributed by atoms with Crippen LogP contribution in [0.4, 0.5) is 5.69 Å². The number of carbonyl (C=O) groups is 2. The van der Waals surface area contributed by atoms with Gasteiger partial charge in [0.15, 0.2) is 5.78 Å². The molecule has 1 aliphatic carbocycles. The zero-order valence-electron chi connectivity index (χ0n) is 12.2. The number of ketones is 1. The lowest BCUT2D eigenvalue weighted by atomic mass is 9.95. The van der Waals surface area contributed by atoms with E-state index in [2.05, 4.69) is 5.32 Å². The number of thiophene rings is 1. The average Bonchev–Trinajstić information content (AvgIpc) is 2.99. The maximum absolute atomic E-state index is 12.4. The van der Waals surface area contributed by atoms with Gasteiger partial charge in [0.25, 0.3) is 5.91 Å². The van der Waals surface area contributed by atoms with E-state index in [1.807, 2.05) is 5.38 Å². The summed E-state index contributed by atoms with van der Waals surface area (Å²) in [6, 6.07) is 6.85. The predicted octanol–water partition coefficient (Wildman–Crippen LogP) is 3.02. The van der Waals surface area contributed by atoms with Crippen LogP contribution in [-0.2, 0) is 12.8 Å². The van der Waals surface area contributed by atoms with Crippen molar-refractivity contribution in [3.05, 3.63) is 51.2 Å². The van der Waals surface area contributed by atoms with Gasteiger partial charge in [-0.25, -0.2) is 0 Å². The number of aryl methyl sites for hydroxylation is 1. The van der Waals surface area contributed by atoms with Crippen molar-refractivity contribution in [2.45, 2.75) is 25.7 Å². The Bertz CT molecular complexity index is 704. The molecule has 1 aliphatic rings. The number of rotatable bonds is 4. The molecule has 0 fully saturated rings. The van der Waals surface area contributed by atoms with E-state index in [1.54, 1.807) is 35.6 Å². The monoisotopic (exact) mass is 314 g/mol. The van der Waals surface area contributed by atoms with E-state index in [4.69, 9.17) is 5.73 Å². The number of nitrogens with two attached hydrogens (primary N) is 1. The number of nitrogens with one attached hydrogen (secondary N) is 1. The Morgan fingerprint density at radius 2 is 1.86 bits per heavy atom. The quantitative estimate of drug-likeness (QED) is 0.852. The molecule has 1 heterocycles. The van der Waals surface area contributed by atoms with Gasteiger partial charge >= 0.3 is 0 Å². The average molecular weight is 314 g/mol. The first-order chi connectivity index (χ1) is 10.7. The van der Waals surface area contributed by atoms with Crippen molar-refractivity contribution in [1.82, 2.24) is 0 Å². The molecule has 1 amide bonds. The van der Waals surface area contributed by atoms with Gasteiger partial charge in [-0.15, -0.1) is 11.3 Å². The molecule has 0 atom stereocenters. The molecule has 0 saturated heterocycles. The predicted molar refractivity (Wildman–Crippen MR) is 88.7 cm³/mol. The zero-order chi connectivity index (χ0) is 15.5. The van der Waals surface area contributed by atoms with Crippen molar-refractivity contribution >= 4 is 28.7 Å². The molecule has 0 spiro atoms. The lowest BCUT2D eigenvalue weighted by molar-refractivity contribution is 0.0999. The molecule has 0 bridgehead atoms. The van der Waals surface area contributed by atoms with Gasteiger partial charge in [0.2, 0.25) is 0 Å². The Morgan fingerprint density at radius 1 is 1.14 bits per heavy atom. The normalized spacial score (nSPS) is 13.5. The number of amides is 1. The van der Waals surface area contributed by atoms with Gasteiger partial charge in [0, 0.05) is 21.5 Å². The summed E-state index contributed by atoms with van der Waals surface area (Å²) in [5.41, 5.74) is 8.59. The van der Waals surface area contributed by atoms with Gasteiger partial charge in [0.1, 0.15) is 0 Å². The molecule has 2 aromatic rings. The van der Waals surface area contributed by atoms with Crippen molar-refractivity contribution < 1.29 is 9.59 Å². The standard InChI is InChI=1S/C17H18N2O2S/c18-9-15(20)11-5-7-12(8-6-11)19-17(21)14-10-22-16-4-2-1-3-13(14)16/h5-8,10H,1-4,9,18H2,(H,19,21). The third kappa shape index (κ3) is 2.96. The molecule has 4 nitrogen and oxygen atoms in total. The number of fused-ring (bicyclic) bond motifs is 1. The van der Waals surface area contributed by atoms with E-state index in [0.29, 0.717) is 11.3 Å². The molecular formula is C17H18N2O2S. The summed E-state index contributed by atoms with van der Waals surface area (Å²) in [6.45, 7) is -0.00720. The van der Waals surface area contributed by atoms with Crippen LogP contribution in [0.2, 0.25) is 0 Å². The van der Waals surface area contributed by atoms with Crippen molar-refractivity contribution in [1.29, 1.82) is 0 Å². The molecule has 0 saturated carbocycles. The Morgan fingerprint density at radius 3 is 2.59 bits per heavy atom. The Hall–Kier alpha value is -1.98. The number of hydrogen-bond acceptors (Lipinski definition) is 4. The van der Waals surface area contributed by atoms with Gasteiger partial charge in [-0.1, -0.05) is 0 Å². The van der Waals surface area contributed by atoms with Crippen molar-refractivity contribution in [3.63, 3.8) is 0 Å². The van der Waals surface area contributed by atoms with Gasteiger partial charge in [-0.2, -0.15) is 0 Å². The van der Waals surface area contributed by atoms with E-state index in [9.17, 15) is 9.59 Å². The highest BCUT2D eigenvalue weighted by molar-refractivity contribution is 7.10. The second-order valence-corrected chi connectivity index (χ2v) is 6.38. The van der Waals surface area contributed by atoms with Crippen molar-refractivity contribution in [3.8, 4) is 0 Å². The maximum Gasteiger partial charge on any atom is 0.256 e. The highest BCUT2D eigenvalue weighted by Crippen LogP contribution is 2.30. The Balaban J connectivity index is 1.74. The van der Waals surface area contributed by atoms with E-state index in [-0.39, 0.29) is 18.2 Å². The molecule has 114 valence electrons. The van der Waals surface area contributed by atoms with Crippen molar-refractivity contribution in [2.75, 3.05) is 11.9 Å². The molecule has 0 aliphatic heterocycles. The SMILES string of the molecule is NCC(=O)c1ccc(NC(=O)c2csc3c2CCCC3)cc1. The van der Waals surface area contributed by atoms with Crippen LogP contribution in [0.15, 0.2) is 29.6 Å². The van der Waals surface area contributed by atoms with Gasteiger partial charge < -0.3 is 11.1 Å². The third-order valence-electron chi connectivity index (χ3n) is 3.96. The lowest BCUT2D eigenvalue weighted by Crippen LogP contribution is -2.15. The minimum atomic E-state index is -0.107. The highest BCUT2D eigenvalue weighted by Gasteiger charge is 2.20. The molecule has 22 heavy (non-hydrogen) atoms. The molecule has 0 unspecified atom stereocenters. The minimum absolute atomic E-state index is 0.00720. The van der Waals surface area contributed by atoms with Gasteiger partial charge in [-0.3, -0.25) is 9.59 Å². The second-order valence-electron chi connectivity index (χ2n) is 5.42. The molecule has 5 heteroatoms. The molecule has 3 rings (SSSR count). The maximum atomic E-state index is 12.4. The molecule has 0 radical (unpaired) electrons. The summed E-state index contributed by atoms with van der Waals surface area (Å²) in [6.07, 6.45) is 4.44. The first kappa shape index (κ1) is 14.9. The van der Waals surface area contributed by atoms with Crippen LogP contribution in [0.1, 0.15) is 44.0 Å². The molecule has 1 aromatic heterocycles. The Kier molecular flexibility index (Phi) is 4.36. The van der Waals surface area contributed by atoms with Gasteiger partial charge in [-0.05, 0) is 55.5 Å². The second kappa shape index (κ2) is 6.42. The number of carbonyl (C=O) groups excluding carboxylic acids is 2. The largest absolute Gasteiger partial charge is 0.324 e. The van der Waals surface area contributed by atoms with Crippen LogP contribution in [-0.4, -0.2) is 18.2 Å². The fourth-order valence-electron chi connectivity index (χ4n) is 2.74. The zero-order valence-corrected chi connectivity index (χ0v) is 13.0. The molecular weight excluding hydrogens is 296 g/mol. The smallest absolute Gasteiger partial charge is 0.256 e. The summed E-state index contributed by atoms with van der Waals surface area (Å²) < 4.78 is 0. The van der Waals surface area contributed by atoms with E-state index >= 15 is 0 Å². The van der Waals surface area contributed by atoms with E-state index < -0.39 is 0 Å². The van der Waals surface area contributed by atoms with Crippen LogP contribution < -0.4 is 11.1 Å². The first-order valence-electron chi connectivity index (χ1n) is 7.43.